The standard InChI is InChI=1S/C55H34ClNOS/c56-38-26-29-52-50(31-38)55(47-23-10-7-20-42(47)43-21-8-11-24-48(43)55)49-28-27-40(34-53(49)59-52)57(39-19-13-18-37(30-39)35-14-3-1-4-15-35)41-32-45(36-16-5-2-6-17-36)54-46(33-41)44-22-9-12-25-51(44)58-54/h1-34H. The molecule has 1 aromatic heterocycles. The van der Waals surface area contributed by atoms with Gasteiger partial charge >= 0.3 is 0 Å². The van der Waals surface area contributed by atoms with E-state index in [9.17, 15) is 0 Å². The number of rotatable bonds is 5. The lowest BCUT2D eigenvalue weighted by Crippen LogP contribution is -2.32. The third-order valence-electron chi connectivity index (χ3n) is 12.2. The van der Waals surface area contributed by atoms with E-state index < -0.39 is 5.41 Å². The van der Waals surface area contributed by atoms with Gasteiger partial charge in [-0.15, -0.1) is 0 Å². The van der Waals surface area contributed by atoms with Crippen LogP contribution in [0, 0.1) is 0 Å². The Morgan fingerprint density at radius 1 is 0.407 bits per heavy atom. The molecule has 0 atom stereocenters. The summed E-state index contributed by atoms with van der Waals surface area (Å²) in [5.41, 5.74) is 16.5. The Labute approximate surface area is 352 Å². The molecule has 1 aliphatic heterocycles. The molecule has 12 rings (SSSR count). The van der Waals surface area contributed by atoms with E-state index in [2.05, 4.69) is 199 Å². The molecule has 0 saturated carbocycles. The summed E-state index contributed by atoms with van der Waals surface area (Å²) in [6, 6.07) is 74.4. The molecule has 59 heavy (non-hydrogen) atoms. The molecule has 2 heterocycles. The average Bonchev–Trinajstić information content (AvgIpc) is 3.81. The highest BCUT2D eigenvalue weighted by atomic mass is 35.5. The van der Waals surface area contributed by atoms with Gasteiger partial charge in [-0.2, -0.15) is 0 Å². The average molecular weight is 792 g/mol. The van der Waals surface area contributed by atoms with E-state index in [1.54, 1.807) is 0 Å². The second-order valence-electron chi connectivity index (χ2n) is 15.4. The minimum Gasteiger partial charge on any atom is -0.455 e. The van der Waals surface area contributed by atoms with Crippen molar-refractivity contribution in [2.24, 2.45) is 0 Å². The van der Waals surface area contributed by atoms with Crippen LogP contribution < -0.4 is 4.90 Å². The van der Waals surface area contributed by atoms with Crippen molar-refractivity contribution in [2.75, 3.05) is 4.90 Å². The van der Waals surface area contributed by atoms with Crippen molar-refractivity contribution in [3.05, 3.63) is 234 Å². The maximum atomic E-state index is 6.88. The molecular weight excluding hydrogens is 758 g/mol. The number of para-hydroxylation sites is 1. The highest BCUT2D eigenvalue weighted by Crippen LogP contribution is 2.63. The van der Waals surface area contributed by atoms with Crippen molar-refractivity contribution in [1.82, 2.24) is 0 Å². The lowest BCUT2D eigenvalue weighted by Gasteiger charge is -2.40. The summed E-state index contributed by atoms with van der Waals surface area (Å²) in [6.07, 6.45) is 0. The molecule has 0 bridgehead atoms. The number of benzene rings is 9. The molecule has 0 radical (unpaired) electrons. The van der Waals surface area contributed by atoms with Crippen molar-refractivity contribution in [3.63, 3.8) is 0 Å². The van der Waals surface area contributed by atoms with Crippen molar-refractivity contribution in [2.45, 2.75) is 15.2 Å². The normalized spacial score (nSPS) is 13.2. The van der Waals surface area contributed by atoms with Crippen LogP contribution in [0.2, 0.25) is 5.02 Å². The predicted octanol–water partition coefficient (Wildman–Crippen LogP) is 15.9. The van der Waals surface area contributed by atoms with E-state index in [0.29, 0.717) is 0 Å². The van der Waals surface area contributed by atoms with Gasteiger partial charge in [0, 0.05) is 48.2 Å². The molecule has 0 unspecified atom stereocenters. The minimum atomic E-state index is -0.528. The first-order valence-electron chi connectivity index (χ1n) is 19.9. The first-order valence-corrected chi connectivity index (χ1v) is 21.1. The fourth-order valence-corrected chi connectivity index (χ4v) is 11.1. The van der Waals surface area contributed by atoms with Gasteiger partial charge in [0.25, 0.3) is 0 Å². The van der Waals surface area contributed by atoms with Gasteiger partial charge in [0.05, 0.1) is 5.41 Å². The number of fused-ring (bicyclic) bond motifs is 12. The number of anilines is 3. The number of hydrogen-bond acceptors (Lipinski definition) is 3. The zero-order chi connectivity index (χ0) is 39.1. The number of halogens is 1. The Morgan fingerprint density at radius 2 is 1.07 bits per heavy atom. The van der Waals surface area contributed by atoms with Crippen molar-refractivity contribution in [1.29, 1.82) is 0 Å². The summed E-state index contributed by atoms with van der Waals surface area (Å²) in [6.45, 7) is 0. The zero-order valence-corrected chi connectivity index (χ0v) is 33.3. The van der Waals surface area contributed by atoms with Crippen LogP contribution in [0.5, 0.6) is 0 Å². The predicted molar refractivity (Wildman–Crippen MR) is 246 cm³/mol. The molecule has 2 nitrogen and oxygen atoms in total. The van der Waals surface area contributed by atoms with Crippen molar-refractivity contribution in [3.8, 4) is 33.4 Å². The second kappa shape index (κ2) is 13.4. The lowest BCUT2D eigenvalue weighted by molar-refractivity contribution is 0.670. The summed E-state index contributed by atoms with van der Waals surface area (Å²) in [4.78, 5) is 4.84. The van der Waals surface area contributed by atoms with E-state index in [1.807, 2.05) is 23.9 Å². The van der Waals surface area contributed by atoms with Crippen LogP contribution in [0.1, 0.15) is 22.3 Å². The van der Waals surface area contributed by atoms with Gasteiger partial charge in [0.15, 0.2) is 0 Å². The number of hydrogen-bond donors (Lipinski definition) is 0. The fraction of sp³-hybridized carbons (Fsp3) is 0.0182. The van der Waals surface area contributed by atoms with Crippen LogP contribution in [-0.4, -0.2) is 0 Å². The van der Waals surface area contributed by atoms with E-state index in [-0.39, 0.29) is 0 Å². The lowest BCUT2D eigenvalue weighted by atomic mass is 9.67. The first kappa shape index (κ1) is 34.3. The number of furan rings is 1. The molecular formula is C55H34ClNOS. The Bertz CT molecular complexity index is 3230. The molecule has 10 aromatic rings. The molecule has 0 fully saturated rings. The molecule has 278 valence electrons. The Balaban J connectivity index is 1.13. The molecule has 2 aliphatic rings. The summed E-state index contributed by atoms with van der Waals surface area (Å²) in [5.74, 6) is 0. The number of nitrogens with zero attached hydrogens (tertiary/aromatic N) is 1. The van der Waals surface area contributed by atoms with Crippen molar-refractivity contribution < 1.29 is 4.42 Å². The molecule has 4 heteroatoms. The van der Waals surface area contributed by atoms with E-state index in [1.165, 1.54) is 48.7 Å². The van der Waals surface area contributed by atoms with Crippen molar-refractivity contribution >= 4 is 62.4 Å². The second-order valence-corrected chi connectivity index (χ2v) is 16.9. The van der Waals surface area contributed by atoms with Gasteiger partial charge < -0.3 is 9.32 Å². The fourth-order valence-electron chi connectivity index (χ4n) is 9.68. The third kappa shape index (κ3) is 5.22. The summed E-state index contributed by atoms with van der Waals surface area (Å²) in [7, 11) is 0. The first-order chi connectivity index (χ1) is 29.1. The zero-order valence-electron chi connectivity index (χ0n) is 31.8. The monoisotopic (exact) mass is 791 g/mol. The maximum absolute atomic E-state index is 6.88. The third-order valence-corrected chi connectivity index (χ3v) is 13.5. The summed E-state index contributed by atoms with van der Waals surface area (Å²) in [5, 5.41) is 2.92. The highest BCUT2D eigenvalue weighted by molar-refractivity contribution is 7.99. The summed E-state index contributed by atoms with van der Waals surface area (Å²) >= 11 is 8.71. The van der Waals surface area contributed by atoms with E-state index in [0.717, 1.165) is 60.7 Å². The van der Waals surface area contributed by atoms with Crippen LogP contribution in [0.15, 0.2) is 220 Å². The molecule has 0 saturated heterocycles. The van der Waals surface area contributed by atoms with Gasteiger partial charge in [-0.05, 0) is 111 Å². The van der Waals surface area contributed by atoms with Crippen LogP contribution in [0.3, 0.4) is 0 Å². The van der Waals surface area contributed by atoms with Crippen LogP contribution >= 0.6 is 23.4 Å². The van der Waals surface area contributed by atoms with Crippen LogP contribution in [0.25, 0.3) is 55.3 Å². The van der Waals surface area contributed by atoms with E-state index in [4.69, 9.17) is 16.0 Å². The van der Waals surface area contributed by atoms with Crippen LogP contribution in [0.4, 0.5) is 17.1 Å². The van der Waals surface area contributed by atoms with Crippen LogP contribution in [-0.2, 0) is 5.41 Å². The minimum absolute atomic E-state index is 0.528. The molecule has 9 aromatic carbocycles. The maximum Gasteiger partial charge on any atom is 0.143 e. The molecule has 0 amide bonds. The largest absolute Gasteiger partial charge is 0.455 e. The Morgan fingerprint density at radius 3 is 1.85 bits per heavy atom. The van der Waals surface area contributed by atoms with E-state index >= 15 is 0 Å². The molecule has 1 aliphatic carbocycles. The Hall–Kier alpha value is -6.78. The van der Waals surface area contributed by atoms with Gasteiger partial charge in [-0.25, -0.2) is 0 Å². The molecule has 1 spiro atoms. The van der Waals surface area contributed by atoms with Gasteiger partial charge in [-0.1, -0.05) is 169 Å². The quantitative estimate of drug-likeness (QED) is 0.173. The van der Waals surface area contributed by atoms with Gasteiger partial charge in [-0.3, -0.25) is 0 Å². The highest BCUT2D eigenvalue weighted by Gasteiger charge is 2.50. The summed E-state index contributed by atoms with van der Waals surface area (Å²) < 4.78 is 6.66. The SMILES string of the molecule is Clc1ccc2c(c1)C1(c3ccc(N(c4cccc(-c5ccccc5)c4)c4cc(-c5ccccc5)c5oc6ccccc6c5c4)cc3S2)c2ccccc2-c2ccccc21. The topological polar surface area (TPSA) is 16.4 Å². The Kier molecular flexibility index (Phi) is 7.78. The molecule has 0 N–H and O–H groups in total. The van der Waals surface area contributed by atoms with Gasteiger partial charge in [0.1, 0.15) is 11.2 Å². The van der Waals surface area contributed by atoms with Gasteiger partial charge in [0.2, 0.25) is 0 Å². The smallest absolute Gasteiger partial charge is 0.143 e.